The third-order valence-electron chi connectivity index (χ3n) is 7.28. The van der Waals surface area contributed by atoms with E-state index in [2.05, 4.69) is 49.4 Å². The van der Waals surface area contributed by atoms with E-state index in [1.54, 1.807) is 0 Å². The summed E-state index contributed by atoms with van der Waals surface area (Å²) in [5.41, 5.74) is 14.8. The highest BCUT2D eigenvalue weighted by Crippen LogP contribution is 2.33. The zero-order chi connectivity index (χ0) is 26.2. The van der Waals surface area contributed by atoms with Gasteiger partial charge in [0, 0.05) is 44.5 Å². The SMILES string of the molecule is NC(N)=NCCCCCNc1nc(Nc2ccc(CN3CCOCC3)cc2)c2ncn(C3CCCC3)c2n1. The number of benzene rings is 1. The molecule has 0 unspecified atom stereocenters. The fourth-order valence-corrected chi connectivity index (χ4v) is 5.20. The van der Waals surface area contributed by atoms with Gasteiger partial charge in [-0.3, -0.25) is 9.89 Å². The maximum absolute atomic E-state index is 5.47. The van der Waals surface area contributed by atoms with E-state index in [0.29, 0.717) is 18.5 Å². The fourth-order valence-electron chi connectivity index (χ4n) is 5.20. The predicted octanol–water partition coefficient (Wildman–Crippen LogP) is 3.37. The zero-order valence-electron chi connectivity index (χ0n) is 22.1. The van der Waals surface area contributed by atoms with E-state index in [-0.39, 0.29) is 5.96 Å². The van der Waals surface area contributed by atoms with Gasteiger partial charge in [0.25, 0.3) is 0 Å². The van der Waals surface area contributed by atoms with Crippen LogP contribution in [0.3, 0.4) is 0 Å². The van der Waals surface area contributed by atoms with Crippen LogP contribution in [-0.2, 0) is 11.3 Å². The molecule has 11 heteroatoms. The Hall–Kier alpha value is -3.44. The number of unbranched alkanes of at least 4 members (excludes halogenated alkanes) is 2. The molecule has 3 heterocycles. The van der Waals surface area contributed by atoms with E-state index in [1.165, 1.54) is 31.2 Å². The summed E-state index contributed by atoms with van der Waals surface area (Å²) < 4.78 is 7.70. The van der Waals surface area contributed by atoms with Crippen LogP contribution in [0.2, 0.25) is 0 Å². The molecule has 2 fully saturated rings. The van der Waals surface area contributed by atoms with Crippen molar-refractivity contribution in [1.82, 2.24) is 24.4 Å². The lowest BCUT2D eigenvalue weighted by molar-refractivity contribution is 0.0342. The van der Waals surface area contributed by atoms with Gasteiger partial charge in [-0.05, 0) is 49.8 Å². The Morgan fingerprint density at radius 1 is 1.03 bits per heavy atom. The molecule has 6 N–H and O–H groups in total. The van der Waals surface area contributed by atoms with Gasteiger partial charge in [-0.15, -0.1) is 0 Å². The van der Waals surface area contributed by atoms with Crippen molar-refractivity contribution in [2.75, 3.05) is 50.0 Å². The maximum atomic E-state index is 5.47. The Labute approximate surface area is 224 Å². The molecule has 3 aromatic rings. The molecule has 1 aromatic carbocycles. The predicted molar refractivity (Wildman–Crippen MR) is 152 cm³/mol. The van der Waals surface area contributed by atoms with Crippen LogP contribution in [0, 0.1) is 0 Å². The number of nitrogens with one attached hydrogen (secondary N) is 2. The van der Waals surface area contributed by atoms with Gasteiger partial charge >= 0.3 is 0 Å². The molecule has 5 rings (SSSR count). The lowest BCUT2D eigenvalue weighted by atomic mass is 10.2. The summed E-state index contributed by atoms with van der Waals surface area (Å²) in [6, 6.07) is 9.03. The van der Waals surface area contributed by atoms with Crippen LogP contribution in [0.4, 0.5) is 17.5 Å². The summed E-state index contributed by atoms with van der Waals surface area (Å²) in [5.74, 6) is 1.49. The fraction of sp³-hybridized carbons (Fsp3) is 0.556. The molecule has 0 spiro atoms. The van der Waals surface area contributed by atoms with Gasteiger partial charge in [-0.2, -0.15) is 9.97 Å². The molecule has 0 atom stereocenters. The first-order valence-electron chi connectivity index (χ1n) is 13.9. The summed E-state index contributed by atoms with van der Waals surface area (Å²) in [6.45, 7) is 5.96. The number of hydrogen-bond acceptors (Lipinski definition) is 8. The summed E-state index contributed by atoms with van der Waals surface area (Å²) in [7, 11) is 0. The third-order valence-corrected chi connectivity index (χ3v) is 7.28. The standard InChI is InChI=1S/C27H40N10O/c28-26(29)30-12-4-1-5-13-31-27-34-24(23-25(35-27)37(19-32-23)22-6-2-3-7-22)33-21-10-8-20(9-11-21)18-36-14-16-38-17-15-36/h8-11,19,22H,1-7,12-18H2,(H4,28,29,30)(H2,31,33,34,35). The van der Waals surface area contributed by atoms with Crippen LogP contribution in [0.25, 0.3) is 11.2 Å². The molecule has 2 aromatic heterocycles. The first kappa shape index (κ1) is 26.2. The monoisotopic (exact) mass is 520 g/mol. The number of imidazole rings is 1. The van der Waals surface area contributed by atoms with Crippen molar-refractivity contribution < 1.29 is 4.74 Å². The molecule has 11 nitrogen and oxygen atoms in total. The Balaban J connectivity index is 1.28. The Morgan fingerprint density at radius 3 is 2.58 bits per heavy atom. The normalized spacial score (nSPS) is 16.6. The smallest absolute Gasteiger partial charge is 0.226 e. The number of fused-ring (bicyclic) bond motifs is 1. The third kappa shape index (κ3) is 6.90. The topological polar surface area (TPSA) is 145 Å². The molecule has 0 bridgehead atoms. The van der Waals surface area contributed by atoms with Crippen LogP contribution in [0.5, 0.6) is 0 Å². The summed E-state index contributed by atoms with van der Waals surface area (Å²) in [5, 5.41) is 6.93. The van der Waals surface area contributed by atoms with Crippen LogP contribution >= 0.6 is 0 Å². The maximum Gasteiger partial charge on any atom is 0.226 e. The molecule has 1 aliphatic carbocycles. The van der Waals surface area contributed by atoms with Gasteiger partial charge in [0.05, 0.1) is 19.5 Å². The van der Waals surface area contributed by atoms with Crippen molar-refractivity contribution in [1.29, 1.82) is 0 Å². The zero-order valence-corrected chi connectivity index (χ0v) is 22.1. The van der Waals surface area contributed by atoms with Crippen molar-refractivity contribution in [3.05, 3.63) is 36.2 Å². The van der Waals surface area contributed by atoms with Crippen LogP contribution in [-0.4, -0.2) is 69.8 Å². The molecule has 1 saturated carbocycles. The molecule has 0 radical (unpaired) electrons. The number of aromatic nitrogens is 4. The molecular weight excluding hydrogens is 480 g/mol. The average molecular weight is 521 g/mol. The van der Waals surface area contributed by atoms with Crippen molar-refractivity contribution in [2.24, 2.45) is 16.5 Å². The lowest BCUT2D eigenvalue weighted by Gasteiger charge is -2.26. The van der Waals surface area contributed by atoms with Crippen LogP contribution in [0.15, 0.2) is 35.6 Å². The Morgan fingerprint density at radius 2 is 1.82 bits per heavy atom. The highest BCUT2D eigenvalue weighted by molar-refractivity contribution is 5.86. The van der Waals surface area contributed by atoms with Crippen molar-refractivity contribution in [3.8, 4) is 0 Å². The Kier molecular flexibility index (Phi) is 8.87. The number of nitrogens with zero attached hydrogens (tertiary/aromatic N) is 6. The molecule has 1 aliphatic heterocycles. The minimum atomic E-state index is 0.149. The van der Waals surface area contributed by atoms with Crippen molar-refractivity contribution in [3.63, 3.8) is 0 Å². The van der Waals surface area contributed by atoms with E-state index in [0.717, 1.165) is 81.3 Å². The Bertz CT molecular complexity index is 1190. The van der Waals surface area contributed by atoms with Gasteiger partial charge in [0.1, 0.15) is 0 Å². The number of rotatable bonds is 12. The van der Waals surface area contributed by atoms with Gasteiger partial charge in [-0.1, -0.05) is 25.0 Å². The average Bonchev–Trinajstić information content (AvgIpc) is 3.60. The van der Waals surface area contributed by atoms with Crippen LogP contribution in [0.1, 0.15) is 56.6 Å². The second-order valence-corrected chi connectivity index (χ2v) is 10.2. The van der Waals surface area contributed by atoms with E-state index in [1.807, 2.05) is 6.33 Å². The largest absolute Gasteiger partial charge is 0.379 e. The molecule has 2 aliphatic rings. The number of aliphatic imine (C=N–C) groups is 1. The number of anilines is 3. The first-order chi connectivity index (χ1) is 18.7. The van der Waals surface area contributed by atoms with E-state index in [4.69, 9.17) is 31.2 Å². The highest BCUT2D eigenvalue weighted by Gasteiger charge is 2.22. The second kappa shape index (κ2) is 12.9. The number of morpholine rings is 1. The van der Waals surface area contributed by atoms with Crippen LogP contribution < -0.4 is 22.1 Å². The molecular formula is C27H40N10O. The molecule has 38 heavy (non-hydrogen) atoms. The van der Waals surface area contributed by atoms with Gasteiger partial charge in [0.2, 0.25) is 5.95 Å². The van der Waals surface area contributed by atoms with Crippen molar-refractivity contribution >= 4 is 34.6 Å². The van der Waals surface area contributed by atoms with Crippen molar-refractivity contribution in [2.45, 2.75) is 57.5 Å². The minimum Gasteiger partial charge on any atom is -0.379 e. The quantitative estimate of drug-likeness (QED) is 0.160. The molecule has 204 valence electrons. The molecule has 1 saturated heterocycles. The number of hydrogen-bond donors (Lipinski definition) is 4. The van der Waals surface area contributed by atoms with Gasteiger partial charge in [0.15, 0.2) is 22.9 Å². The number of nitrogens with two attached hydrogens (primary N) is 2. The second-order valence-electron chi connectivity index (χ2n) is 10.2. The summed E-state index contributed by atoms with van der Waals surface area (Å²) in [4.78, 5) is 20.9. The highest BCUT2D eigenvalue weighted by atomic mass is 16.5. The van der Waals surface area contributed by atoms with Gasteiger partial charge < -0.3 is 31.4 Å². The van der Waals surface area contributed by atoms with Gasteiger partial charge in [-0.25, -0.2) is 4.98 Å². The van der Waals surface area contributed by atoms with E-state index >= 15 is 0 Å². The summed E-state index contributed by atoms with van der Waals surface area (Å²) in [6.07, 6.45) is 9.72. The lowest BCUT2D eigenvalue weighted by Crippen LogP contribution is -2.35. The minimum absolute atomic E-state index is 0.149. The number of ether oxygens (including phenoxy) is 1. The summed E-state index contributed by atoms with van der Waals surface area (Å²) >= 11 is 0. The number of guanidine groups is 1. The van der Waals surface area contributed by atoms with E-state index in [9.17, 15) is 0 Å². The first-order valence-corrected chi connectivity index (χ1v) is 13.9. The van der Waals surface area contributed by atoms with E-state index < -0.39 is 0 Å². The molecule has 0 amide bonds.